The highest BCUT2D eigenvalue weighted by Gasteiger charge is 2.25. The number of para-hydroxylation sites is 1. The van der Waals surface area contributed by atoms with Gasteiger partial charge in [-0.2, -0.15) is 5.10 Å². The zero-order valence-electron chi connectivity index (χ0n) is 19.9. The first-order valence-corrected chi connectivity index (χ1v) is 13.8. The zero-order valence-corrected chi connectivity index (χ0v) is 21.5. The average molecular weight is 546 g/mol. The van der Waals surface area contributed by atoms with Crippen LogP contribution in [-0.4, -0.2) is 35.3 Å². The Morgan fingerprint density at radius 1 is 1.05 bits per heavy atom. The molecular formula is C26H23N7O3S2. The van der Waals surface area contributed by atoms with Gasteiger partial charge in [0, 0.05) is 17.4 Å². The van der Waals surface area contributed by atoms with E-state index in [4.69, 9.17) is 11.1 Å². The second-order valence-electron chi connectivity index (χ2n) is 8.46. The van der Waals surface area contributed by atoms with E-state index in [0.29, 0.717) is 16.3 Å². The summed E-state index contributed by atoms with van der Waals surface area (Å²) in [5.41, 5.74) is 8.35. The van der Waals surface area contributed by atoms with E-state index in [1.165, 1.54) is 35.7 Å². The number of carbonyl (C=O) groups excluding carboxylic acids is 1. The number of nitrogens with one attached hydrogen (secondary N) is 4. The molecule has 0 saturated heterocycles. The number of thiazole rings is 1. The number of nitrogen functional groups attached to an aromatic ring is 1. The molecule has 0 bridgehead atoms. The summed E-state index contributed by atoms with van der Waals surface area (Å²) >= 11 is 1.41. The van der Waals surface area contributed by atoms with Crippen LogP contribution < -0.4 is 15.8 Å². The molecule has 38 heavy (non-hydrogen) atoms. The molecule has 0 aliphatic carbocycles. The molecule has 0 saturated carbocycles. The second kappa shape index (κ2) is 10.5. The fourth-order valence-corrected chi connectivity index (χ4v) is 6.24. The van der Waals surface area contributed by atoms with Crippen molar-refractivity contribution in [1.82, 2.24) is 19.9 Å². The topological polar surface area (TPSA) is 167 Å². The van der Waals surface area contributed by atoms with Gasteiger partial charge in [-0.25, -0.2) is 18.1 Å². The number of aromatic nitrogens is 3. The number of hydrogen-bond donors (Lipinski definition) is 5. The third-order valence-corrected chi connectivity index (χ3v) is 8.35. The predicted octanol–water partition coefficient (Wildman–Crippen LogP) is 3.82. The lowest BCUT2D eigenvalue weighted by Crippen LogP contribution is -2.30. The Hall–Kier alpha value is -4.39. The molecule has 0 aliphatic rings. The van der Waals surface area contributed by atoms with Crippen molar-refractivity contribution in [2.24, 2.45) is 5.73 Å². The first kappa shape index (κ1) is 25.3. The molecule has 0 fully saturated rings. The van der Waals surface area contributed by atoms with Crippen LogP contribution in [0.2, 0.25) is 0 Å². The minimum absolute atomic E-state index is 0.0106. The summed E-state index contributed by atoms with van der Waals surface area (Å²) in [7, 11) is -4.03. The van der Waals surface area contributed by atoms with Crippen LogP contribution in [0.4, 0.5) is 5.69 Å². The molecule has 12 heteroatoms. The zero-order chi connectivity index (χ0) is 26.7. The lowest BCUT2D eigenvalue weighted by Gasteiger charge is -2.18. The predicted molar refractivity (Wildman–Crippen MR) is 147 cm³/mol. The molecule has 192 valence electrons. The first-order chi connectivity index (χ1) is 18.3. The van der Waals surface area contributed by atoms with Gasteiger partial charge >= 0.3 is 0 Å². The number of hydrogen-bond acceptors (Lipinski definition) is 7. The van der Waals surface area contributed by atoms with Gasteiger partial charge in [-0.1, -0.05) is 36.4 Å². The Bertz CT molecular complexity index is 1700. The minimum Gasteiger partial charge on any atom is -0.384 e. The first-order valence-electron chi connectivity index (χ1n) is 11.5. The van der Waals surface area contributed by atoms with Crippen molar-refractivity contribution in [3.63, 3.8) is 0 Å². The minimum atomic E-state index is -4.03. The van der Waals surface area contributed by atoms with Crippen LogP contribution in [0.15, 0.2) is 90.0 Å². The van der Waals surface area contributed by atoms with E-state index in [9.17, 15) is 13.2 Å². The molecule has 5 aromatic rings. The number of carbonyl (C=O) groups is 1. The molecule has 1 unspecified atom stereocenters. The highest BCUT2D eigenvalue weighted by atomic mass is 32.2. The molecule has 1 amide bonds. The second-order valence-corrected chi connectivity index (χ2v) is 11.2. The van der Waals surface area contributed by atoms with Gasteiger partial charge in [0.1, 0.15) is 16.5 Å². The molecule has 0 aliphatic heterocycles. The van der Waals surface area contributed by atoms with Crippen LogP contribution in [0.5, 0.6) is 0 Å². The maximum atomic E-state index is 13.5. The Kier molecular flexibility index (Phi) is 7.01. The average Bonchev–Trinajstić information content (AvgIpc) is 3.59. The number of rotatable bonds is 9. The normalized spacial score (nSPS) is 12.3. The molecule has 1 atom stereocenters. The fourth-order valence-electron chi connectivity index (χ4n) is 3.90. The van der Waals surface area contributed by atoms with Crippen LogP contribution >= 0.6 is 11.3 Å². The monoisotopic (exact) mass is 545 g/mol. The van der Waals surface area contributed by atoms with Crippen LogP contribution in [0.25, 0.3) is 10.2 Å². The fraction of sp³-hybridized carbons (Fsp3) is 0.0769. The largest absolute Gasteiger partial charge is 0.384 e. The molecular weight excluding hydrogens is 522 g/mol. The summed E-state index contributed by atoms with van der Waals surface area (Å²) in [6.07, 6.45) is 1.74. The molecule has 10 nitrogen and oxygen atoms in total. The number of sulfonamides is 1. The maximum absolute atomic E-state index is 13.5. The van der Waals surface area contributed by atoms with Crippen LogP contribution in [0.3, 0.4) is 0 Å². The number of aromatic amines is 1. The molecule has 2 aromatic heterocycles. The van der Waals surface area contributed by atoms with E-state index in [1.807, 2.05) is 30.3 Å². The third-order valence-electron chi connectivity index (χ3n) is 5.73. The summed E-state index contributed by atoms with van der Waals surface area (Å²) in [6.45, 7) is 0. The van der Waals surface area contributed by atoms with Crippen molar-refractivity contribution >= 4 is 49.0 Å². The molecule has 6 N–H and O–H groups in total. The maximum Gasteiger partial charge on any atom is 0.273 e. The highest BCUT2D eigenvalue weighted by molar-refractivity contribution is 7.89. The van der Waals surface area contributed by atoms with E-state index in [2.05, 4.69) is 25.2 Å². The van der Waals surface area contributed by atoms with Crippen molar-refractivity contribution in [2.45, 2.75) is 17.4 Å². The Balaban J connectivity index is 1.45. The standard InChI is InChI=1S/C26H23N7O3S2/c27-24(28)17-6-3-5-16(13-17)14-22(26-31-20-9-1-2-10-23(20)37-26)33-38(35,36)19-8-4-7-18(15-19)30-25(34)21-11-12-29-32-21/h1-13,15,22,33H,14H2,(H3,27,28)(H,29,32)(H,30,34). The van der Waals surface area contributed by atoms with Crippen molar-refractivity contribution in [3.8, 4) is 0 Å². The van der Waals surface area contributed by atoms with Crippen LogP contribution in [0.1, 0.15) is 32.7 Å². The van der Waals surface area contributed by atoms with Gasteiger partial charge in [-0.15, -0.1) is 11.3 Å². The van der Waals surface area contributed by atoms with Crippen molar-refractivity contribution < 1.29 is 13.2 Å². The highest BCUT2D eigenvalue weighted by Crippen LogP contribution is 2.30. The van der Waals surface area contributed by atoms with Gasteiger partial charge in [0.15, 0.2) is 0 Å². The van der Waals surface area contributed by atoms with Gasteiger partial charge in [-0.05, 0) is 54.4 Å². The number of nitrogens with two attached hydrogens (primary N) is 1. The Labute approximate surface area is 222 Å². The quantitative estimate of drug-likeness (QED) is 0.139. The number of H-pyrrole nitrogens is 1. The Morgan fingerprint density at radius 3 is 2.63 bits per heavy atom. The van der Waals surface area contributed by atoms with Crippen LogP contribution in [0, 0.1) is 5.41 Å². The van der Waals surface area contributed by atoms with Gasteiger partial charge in [0.2, 0.25) is 10.0 Å². The van der Waals surface area contributed by atoms with Crippen LogP contribution in [-0.2, 0) is 16.4 Å². The summed E-state index contributed by atoms with van der Waals surface area (Å²) < 4.78 is 30.8. The summed E-state index contributed by atoms with van der Waals surface area (Å²) in [6, 6.07) is 21.6. The molecule has 0 radical (unpaired) electrons. The Morgan fingerprint density at radius 2 is 1.87 bits per heavy atom. The summed E-state index contributed by atoms with van der Waals surface area (Å²) in [5, 5.41) is 17.3. The molecule has 3 aromatic carbocycles. The molecule has 5 rings (SSSR count). The summed E-state index contributed by atoms with van der Waals surface area (Å²) in [5.74, 6) is -0.513. The van der Waals surface area contributed by atoms with Crippen molar-refractivity contribution in [2.75, 3.05) is 5.32 Å². The van der Waals surface area contributed by atoms with Gasteiger partial charge in [0.05, 0.1) is 21.2 Å². The van der Waals surface area contributed by atoms with E-state index in [1.54, 1.807) is 30.3 Å². The lowest BCUT2D eigenvalue weighted by molar-refractivity contribution is 0.102. The van der Waals surface area contributed by atoms with E-state index < -0.39 is 22.0 Å². The third kappa shape index (κ3) is 5.62. The van der Waals surface area contributed by atoms with E-state index in [-0.39, 0.29) is 22.8 Å². The van der Waals surface area contributed by atoms with Crippen molar-refractivity contribution in [1.29, 1.82) is 5.41 Å². The lowest BCUT2D eigenvalue weighted by atomic mass is 10.0. The van der Waals surface area contributed by atoms with Gasteiger partial charge < -0.3 is 11.1 Å². The summed E-state index contributed by atoms with van der Waals surface area (Å²) in [4.78, 5) is 17.1. The number of fused-ring (bicyclic) bond motifs is 1. The SMILES string of the molecule is N=C(N)c1cccc(CC(NS(=O)(=O)c2cccc(NC(=O)c3ccn[nH]3)c2)c2nc3ccccc3s2)c1. The smallest absolute Gasteiger partial charge is 0.273 e. The number of anilines is 1. The van der Waals surface area contributed by atoms with Crippen molar-refractivity contribution in [3.05, 3.63) is 107 Å². The molecule has 0 spiro atoms. The van der Waals surface area contributed by atoms with Gasteiger partial charge in [0.25, 0.3) is 5.91 Å². The number of amidine groups is 1. The number of amides is 1. The molecule has 2 heterocycles. The van der Waals surface area contributed by atoms with E-state index in [0.717, 1.165) is 15.8 Å². The number of benzene rings is 3. The number of nitrogens with zero attached hydrogens (tertiary/aromatic N) is 2. The van der Waals surface area contributed by atoms with Gasteiger partial charge in [-0.3, -0.25) is 15.3 Å². The van der Waals surface area contributed by atoms with E-state index >= 15 is 0 Å².